The molecule has 0 radical (unpaired) electrons. The number of ether oxygens (including phenoxy) is 1. The average Bonchev–Trinajstić information content (AvgIpc) is 2.89. The van der Waals surface area contributed by atoms with Crippen molar-refractivity contribution in [2.75, 3.05) is 6.61 Å². The van der Waals surface area contributed by atoms with Crippen LogP contribution in [0.25, 0.3) is 0 Å². The molecule has 17 heavy (non-hydrogen) atoms. The lowest BCUT2D eigenvalue weighted by Gasteiger charge is -2.35. The van der Waals surface area contributed by atoms with Gasteiger partial charge >= 0.3 is 0 Å². The lowest BCUT2D eigenvalue weighted by molar-refractivity contribution is -0.0523. The summed E-state index contributed by atoms with van der Waals surface area (Å²) in [5.74, 6) is 0. The lowest BCUT2D eigenvalue weighted by Crippen LogP contribution is -2.49. The van der Waals surface area contributed by atoms with Gasteiger partial charge in [0.2, 0.25) is 0 Å². The summed E-state index contributed by atoms with van der Waals surface area (Å²) in [6, 6.07) is 2.29. The molecule has 1 saturated carbocycles. The van der Waals surface area contributed by atoms with Crippen LogP contribution >= 0.6 is 27.3 Å². The topological polar surface area (TPSA) is 35.2 Å². The third-order valence-electron chi connectivity index (χ3n) is 3.60. The molecule has 1 aliphatic carbocycles. The molecular formula is C13H20BrNOS. The molecule has 0 spiro atoms. The van der Waals surface area contributed by atoms with E-state index in [1.807, 2.05) is 0 Å². The van der Waals surface area contributed by atoms with Gasteiger partial charge in [-0.05, 0) is 48.2 Å². The maximum Gasteiger partial charge on any atom is 0.0836 e. The predicted octanol–water partition coefficient (Wildman–Crippen LogP) is 3.73. The molecule has 1 aliphatic rings. The molecule has 1 heterocycles. The Morgan fingerprint density at radius 3 is 2.76 bits per heavy atom. The Labute approximate surface area is 116 Å². The van der Waals surface area contributed by atoms with Crippen molar-refractivity contribution in [3.05, 3.63) is 20.8 Å². The molecule has 0 aliphatic heterocycles. The largest absolute Gasteiger partial charge is 0.374 e. The SMILES string of the molecule is CCOC1(C(N)Cc2cc(Br)cs2)CCCC1. The maximum atomic E-state index is 6.41. The van der Waals surface area contributed by atoms with Gasteiger partial charge < -0.3 is 10.5 Å². The van der Waals surface area contributed by atoms with Crippen molar-refractivity contribution in [2.24, 2.45) is 5.73 Å². The second-order valence-electron chi connectivity index (χ2n) is 4.75. The highest BCUT2D eigenvalue weighted by atomic mass is 79.9. The van der Waals surface area contributed by atoms with Gasteiger partial charge in [-0.25, -0.2) is 0 Å². The van der Waals surface area contributed by atoms with Crippen molar-refractivity contribution >= 4 is 27.3 Å². The zero-order valence-electron chi connectivity index (χ0n) is 10.2. The minimum Gasteiger partial charge on any atom is -0.374 e. The normalized spacial score (nSPS) is 20.6. The van der Waals surface area contributed by atoms with E-state index >= 15 is 0 Å². The Morgan fingerprint density at radius 2 is 2.24 bits per heavy atom. The average molecular weight is 318 g/mol. The highest BCUT2D eigenvalue weighted by Crippen LogP contribution is 2.37. The van der Waals surface area contributed by atoms with E-state index in [1.165, 1.54) is 17.7 Å². The molecule has 0 aromatic carbocycles. The van der Waals surface area contributed by atoms with E-state index < -0.39 is 0 Å². The van der Waals surface area contributed by atoms with Crippen molar-refractivity contribution in [3.63, 3.8) is 0 Å². The Balaban J connectivity index is 2.03. The number of hydrogen-bond donors (Lipinski definition) is 1. The number of thiophene rings is 1. The van der Waals surface area contributed by atoms with Crippen LogP contribution in [0.15, 0.2) is 15.9 Å². The van der Waals surface area contributed by atoms with E-state index in [0.29, 0.717) is 0 Å². The minimum atomic E-state index is -0.0643. The molecule has 0 bridgehead atoms. The van der Waals surface area contributed by atoms with Crippen LogP contribution in [0.2, 0.25) is 0 Å². The second kappa shape index (κ2) is 5.83. The zero-order valence-corrected chi connectivity index (χ0v) is 12.6. The van der Waals surface area contributed by atoms with E-state index in [1.54, 1.807) is 11.3 Å². The van der Waals surface area contributed by atoms with Crippen LogP contribution in [-0.2, 0) is 11.2 Å². The Bertz CT molecular complexity index is 360. The molecule has 96 valence electrons. The molecule has 2 nitrogen and oxygen atoms in total. The molecule has 4 heteroatoms. The van der Waals surface area contributed by atoms with E-state index in [-0.39, 0.29) is 11.6 Å². The third kappa shape index (κ3) is 3.11. The van der Waals surface area contributed by atoms with Gasteiger partial charge in [-0.3, -0.25) is 0 Å². The minimum absolute atomic E-state index is 0.0643. The highest BCUT2D eigenvalue weighted by Gasteiger charge is 2.40. The highest BCUT2D eigenvalue weighted by molar-refractivity contribution is 9.10. The molecule has 0 amide bonds. The van der Waals surface area contributed by atoms with Crippen LogP contribution in [0.4, 0.5) is 0 Å². The maximum absolute atomic E-state index is 6.41. The van der Waals surface area contributed by atoms with E-state index in [2.05, 4.69) is 34.3 Å². The van der Waals surface area contributed by atoms with Gasteiger partial charge in [0.1, 0.15) is 0 Å². The first-order valence-corrected chi connectivity index (χ1v) is 7.96. The molecule has 1 aromatic rings. The van der Waals surface area contributed by atoms with E-state index in [9.17, 15) is 0 Å². The van der Waals surface area contributed by atoms with Crippen molar-refractivity contribution in [1.29, 1.82) is 0 Å². The standard InChI is InChI=1S/C13H20BrNOS/c1-2-16-13(5-3-4-6-13)12(15)8-11-7-10(14)9-17-11/h7,9,12H,2-6,8,15H2,1H3. The molecule has 2 rings (SSSR count). The molecular weight excluding hydrogens is 298 g/mol. The van der Waals surface area contributed by atoms with Crippen molar-refractivity contribution in [2.45, 2.75) is 50.7 Å². The molecule has 1 unspecified atom stereocenters. The zero-order chi connectivity index (χ0) is 12.3. The summed E-state index contributed by atoms with van der Waals surface area (Å²) in [6.45, 7) is 2.83. The van der Waals surface area contributed by atoms with Gasteiger partial charge in [0.05, 0.1) is 5.60 Å². The summed E-state index contributed by atoms with van der Waals surface area (Å²) in [5, 5.41) is 2.12. The summed E-state index contributed by atoms with van der Waals surface area (Å²) < 4.78 is 7.15. The first-order chi connectivity index (χ1) is 8.16. The first kappa shape index (κ1) is 13.5. The summed E-state index contributed by atoms with van der Waals surface area (Å²) in [7, 11) is 0. The molecule has 2 N–H and O–H groups in total. The van der Waals surface area contributed by atoms with Gasteiger partial charge in [0, 0.05) is 27.4 Å². The fourth-order valence-electron chi connectivity index (χ4n) is 2.75. The predicted molar refractivity (Wildman–Crippen MR) is 76.5 cm³/mol. The molecule has 1 fully saturated rings. The molecule has 0 saturated heterocycles. The fourth-order valence-corrected chi connectivity index (χ4v) is 4.26. The van der Waals surface area contributed by atoms with Gasteiger partial charge in [0.25, 0.3) is 0 Å². The number of rotatable bonds is 5. The fraction of sp³-hybridized carbons (Fsp3) is 0.692. The van der Waals surface area contributed by atoms with Crippen LogP contribution < -0.4 is 5.73 Å². The third-order valence-corrected chi connectivity index (χ3v) is 5.32. The Kier molecular flexibility index (Phi) is 4.64. The van der Waals surface area contributed by atoms with Crippen LogP contribution in [0, 0.1) is 0 Å². The Hall–Kier alpha value is 0.1000. The van der Waals surface area contributed by atoms with Gasteiger partial charge in [0.15, 0.2) is 0 Å². The first-order valence-electron chi connectivity index (χ1n) is 6.29. The Morgan fingerprint density at radius 1 is 1.53 bits per heavy atom. The quantitative estimate of drug-likeness (QED) is 0.898. The molecule has 1 atom stereocenters. The van der Waals surface area contributed by atoms with Gasteiger partial charge in [-0.15, -0.1) is 11.3 Å². The van der Waals surface area contributed by atoms with Gasteiger partial charge in [-0.2, -0.15) is 0 Å². The number of halogens is 1. The summed E-state index contributed by atoms with van der Waals surface area (Å²) in [6.07, 6.45) is 5.67. The monoisotopic (exact) mass is 317 g/mol. The van der Waals surface area contributed by atoms with Crippen LogP contribution in [0.1, 0.15) is 37.5 Å². The van der Waals surface area contributed by atoms with Crippen molar-refractivity contribution < 1.29 is 4.74 Å². The van der Waals surface area contributed by atoms with Crippen molar-refractivity contribution in [1.82, 2.24) is 0 Å². The van der Waals surface area contributed by atoms with E-state index in [0.717, 1.165) is 30.3 Å². The van der Waals surface area contributed by atoms with Crippen LogP contribution in [-0.4, -0.2) is 18.2 Å². The lowest BCUT2D eigenvalue weighted by atomic mass is 9.90. The smallest absolute Gasteiger partial charge is 0.0836 e. The van der Waals surface area contributed by atoms with Crippen LogP contribution in [0.3, 0.4) is 0 Å². The number of nitrogens with two attached hydrogens (primary N) is 1. The second-order valence-corrected chi connectivity index (χ2v) is 6.66. The van der Waals surface area contributed by atoms with Gasteiger partial charge in [-0.1, -0.05) is 12.8 Å². The summed E-state index contributed by atoms with van der Waals surface area (Å²) in [5.41, 5.74) is 6.34. The number of hydrogen-bond acceptors (Lipinski definition) is 3. The van der Waals surface area contributed by atoms with Crippen LogP contribution in [0.5, 0.6) is 0 Å². The summed E-state index contributed by atoms with van der Waals surface area (Å²) in [4.78, 5) is 1.34. The summed E-state index contributed by atoms with van der Waals surface area (Å²) >= 11 is 5.26. The molecule has 1 aromatic heterocycles. The van der Waals surface area contributed by atoms with Crippen molar-refractivity contribution in [3.8, 4) is 0 Å². The van der Waals surface area contributed by atoms with E-state index in [4.69, 9.17) is 10.5 Å².